The normalized spacial score (nSPS) is 12.0. The SMILES string of the molecule is O=[C][C@@H](CCCc1ccccc1)NC(=O)c1cc2ccccc2[nH]1. The van der Waals surface area contributed by atoms with Gasteiger partial charge in [0.05, 0.1) is 6.04 Å². The first-order chi connectivity index (χ1) is 11.8. The maximum Gasteiger partial charge on any atom is 0.268 e. The summed E-state index contributed by atoms with van der Waals surface area (Å²) in [5, 5.41) is 3.71. The van der Waals surface area contributed by atoms with Crippen molar-refractivity contribution in [2.45, 2.75) is 25.3 Å². The average molecular weight is 319 g/mol. The van der Waals surface area contributed by atoms with E-state index in [-0.39, 0.29) is 5.91 Å². The third-order valence-electron chi connectivity index (χ3n) is 4.02. The Balaban J connectivity index is 1.56. The highest BCUT2D eigenvalue weighted by atomic mass is 16.2. The average Bonchev–Trinajstić information content (AvgIpc) is 3.06. The van der Waals surface area contributed by atoms with E-state index in [9.17, 15) is 9.59 Å². The van der Waals surface area contributed by atoms with E-state index in [1.807, 2.05) is 48.8 Å². The summed E-state index contributed by atoms with van der Waals surface area (Å²) in [5.74, 6) is -0.278. The van der Waals surface area contributed by atoms with Crippen LogP contribution in [0.4, 0.5) is 0 Å². The maximum absolute atomic E-state index is 12.3. The van der Waals surface area contributed by atoms with E-state index in [1.54, 1.807) is 6.07 Å². The lowest BCUT2D eigenvalue weighted by molar-refractivity contribution is 0.0940. The summed E-state index contributed by atoms with van der Waals surface area (Å²) in [6, 6.07) is 19.0. The Hall–Kier alpha value is -2.88. The van der Waals surface area contributed by atoms with Crippen molar-refractivity contribution in [3.05, 3.63) is 71.9 Å². The molecule has 0 spiro atoms. The van der Waals surface area contributed by atoms with Gasteiger partial charge in [-0.3, -0.25) is 9.59 Å². The molecular formula is C20H19N2O2. The lowest BCUT2D eigenvalue weighted by atomic mass is 10.1. The molecule has 1 amide bonds. The van der Waals surface area contributed by atoms with Gasteiger partial charge in [-0.1, -0.05) is 48.5 Å². The van der Waals surface area contributed by atoms with Gasteiger partial charge >= 0.3 is 0 Å². The Morgan fingerprint density at radius 2 is 1.83 bits per heavy atom. The molecule has 2 aromatic carbocycles. The van der Waals surface area contributed by atoms with Crippen LogP contribution in [0.15, 0.2) is 60.7 Å². The first-order valence-corrected chi connectivity index (χ1v) is 8.06. The van der Waals surface area contributed by atoms with E-state index in [1.165, 1.54) is 5.56 Å². The molecule has 3 rings (SSSR count). The zero-order valence-corrected chi connectivity index (χ0v) is 13.3. The Morgan fingerprint density at radius 1 is 1.08 bits per heavy atom. The fraction of sp³-hybridized carbons (Fsp3) is 0.200. The number of carbonyl (C=O) groups excluding carboxylic acids is 2. The third-order valence-corrected chi connectivity index (χ3v) is 4.02. The maximum atomic E-state index is 12.3. The Morgan fingerprint density at radius 3 is 2.58 bits per heavy atom. The summed E-state index contributed by atoms with van der Waals surface area (Å²) in [6.45, 7) is 0. The number of hydrogen-bond donors (Lipinski definition) is 2. The van der Waals surface area contributed by atoms with Crippen molar-refractivity contribution in [3.63, 3.8) is 0 Å². The molecule has 24 heavy (non-hydrogen) atoms. The molecule has 0 aliphatic carbocycles. The molecule has 4 heteroatoms. The largest absolute Gasteiger partial charge is 0.351 e. The van der Waals surface area contributed by atoms with Crippen LogP contribution in [0.1, 0.15) is 28.9 Å². The number of H-pyrrole nitrogens is 1. The molecule has 0 bridgehead atoms. The number of fused-ring (bicyclic) bond motifs is 1. The number of aromatic nitrogens is 1. The van der Waals surface area contributed by atoms with Crippen molar-refractivity contribution in [1.29, 1.82) is 0 Å². The number of amides is 1. The highest BCUT2D eigenvalue weighted by Crippen LogP contribution is 2.15. The van der Waals surface area contributed by atoms with Crippen LogP contribution in [0.25, 0.3) is 10.9 Å². The molecule has 0 aliphatic heterocycles. The molecule has 0 saturated heterocycles. The van der Waals surface area contributed by atoms with Gasteiger partial charge in [-0.05, 0) is 37.0 Å². The minimum atomic E-state index is -0.590. The van der Waals surface area contributed by atoms with E-state index >= 15 is 0 Å². The summed E-state index contributed by atoms with van der Waals surface area (Å²) in [4.78, 5) is 26.5. The summed E-state index contributed by atoms with van der Waals surface area (Å²) in [7, 11) is 0. The van der Waals surface area contributed by atoms with Crippen molar-refractivity contribution in [2.75, 3.05) is 0 Å². The van der Waals surface area contributed by atoms with Crippen molar-refractivity contribution < 1.29 is 9.59 Å². The predicted octanol–water partition coefficient (Wildman–Crippen LogP) is 3.40. The molecule has 1 aromatic heterocycles. The summed E-state index contributed by atoms with van der Waals surface area (Å²) >= 11 is 0. The van der Waals surface area contributed by atoms with Gasteiger partial charge in [-0.2, -0.15) is 0 Å². The van der Waals surface area contributed by atoms with Crippen molar-refractivity contribution in [3.8, 4) is 0 Å². The van der Waals surface area contributed by atoms with Crippen LogP contribution in [0, 0.1) is 0 Å². The number of nitrogens with one attached hydrogen (secondary N) is 2. The number of aryl methyl sites for hydroxylation is 1. The number of aromatic amines is 1. The molecule has 2 N–H and O–H groups in total. The van der Waals surface area contributed by atoms with Crippen molar-refractivity contribution in [1.82, 2.24) is 10.3 Å². The Kier molecular flexibility index (Phi) is 5.06. The van der Waals surface area contributed by atoms with Gasteiger partial charge in [-0.25, -0.2) is 0 Å². The smallest absolute Gasteiger partial charge is 0.268 e. The molecule has 1 heterocycles. The van der Waals surface area contributed by atoms with Crippen LogP contribution in [0.3, 0.4) is 0 Å². The highest BCUT2D eigenvalue weighted by molar-refractivity contribution is 5.98. The zero-order valence-electron chi connectivity index (χ0n) is 13.3. The lowest BCUT2D eigenvalue weighted by Crippen LogP contribution is -2.36. The molecule has 0 unspecified atom stereocenters. The first-order valence-electron chi connectivity index (χ1n) is 8.06. The molecule has 4 nitrogen and oxygen atoms in total. The zero-order chi connectivity index (χ0) is 16.8. The molecular weight excluding hydrogens is 300 g/mol. The molecule has 0 fully saturated rings. The second-order valence-electron chi connectivity index (χ2n) is 5.79. The van der Waals surface area contributed by atoms with Crippen molar-refractivity contribution >= 4 is 23.1 Å². The number of hydrogen-bond acceptors (Lipinski definition) is 2. The van der Waals surface area contributed by atoms with Crippen molar-refractivity contribution in [2.24, 2.45) is 0 Å². The van der Waals surface area contributed by atoms with Gasteiger partial charge in [0.15, 0.2) is 0 Å². The summed E-state index contributed by atoms with van der Waals surface area (Å²) in [6.07, 6.45) is 4.19. The number of para-hydroxylation sites is 1. The van der Waals surface area contributed by atoms with Gasteiger partial charge in [0.1, 0.15) is 5.69 Å². The number of benzene rings is 2. The lowest BCUT2D eigenvalue weighted by Gasteiger charge is -2.11. The third kappa shape index (κ3) is 3.90. The molecule has 3 aromatic rings. The van der Waals surface area contributed by atoms with Gasteiger partial charge < -0.3 is 10.3 Å². The monoisotopic (exact) mass is 319 g/mol. The van der Waals surface area contributed by atoms with Gasteiger partial charge in [0.2, 0.25) is 6.29 Å². The van der Waals surface area contributed by atoms with Crippen LogP contribution >= 0.6 is 0 Å². The number of carbonyl (C=O) groups is 1. The topological polar surface area (TPSA) is 62.0 Å². The summed E-state index contributed by atoms with van der Waals surface area (Å²) < 4.78 is 0. The molecule has 1 radical (unpaired) electrons. The van der Waals surface area contributed by atoms with Gasteiger partial charge in [0, 0.05) is 10.9 Å². The Labute approximate surface area is 140 Å². The predicted molar refractivity (Wildman–Crippen MR) is 94.6 cm³/mol. The second-order valence-corrected chi connectivity index (χ2v) is 5.79. The second kappa shape index (κ2) is 7.59. The van der Waals surface area contributed by atoms with E-state index in [0.717, 1.165) is 23.7 Å². The molecule has 0 saturated carbocycles. The number of rotatable bonds is 7. The van der Waals surface area contributed by atoms with Crippen LogP contribution in [-0.2, 0) is 11.2 Å². The minimum absolute atomic E-state index is 0.278. The van der Waals surface area contributed by atoms with E-state index in [0.29, 0.717) is 12.1 Å². The summed E-state index contributed by atoms with van der Waals surface area (Å²) in [5.41, 5.74) is 2.59. The van der Waals surface area contributed by atoms with Crippen LogP contribution in [0.5, 0.6) is 0 Å². The quantitative estimate of drug-likeness (QED) is 0.701. The van der Waals surface area contributed by atoms with Gasteiger partial charge in [-0.15, -0.1) is 0 Å². The van der Waals surface area contributed by atoms with Gasteiger partial charge in [0.25, 0.3) is 5.91 Å². The molecule has 0 aliphatic rings. The fourth-order valence-corrected chi connectivity index (χ4v) is 2.75. The van der Waals surface area contributed by atoms with E-state index in [2.05, 4.69) is 22.4 Å². The van der Waals surface area contributed by atoms with Crippen LogP contribution < -0.4 is 5.32 Å². The molecule has 121 valence electrons. The van der Waals surface area contributed by atoms with E-state index in [4.69, 9.17) is 0 Å². The fourth-order valence-electron chi connectivity index (χ4n) is 2.75. The Bertz CT molecular complexity index is 791. The van der Waals surface area contributed by atoms with Crippen LogP contribution in [0.2, 0.25) is 0 Å². The molecule has 1 atom stereocenters. The van der Waals surface area contributed by atoms with E-state index < -0.39 is 6.04 Å². The highest BCUT2D eigenvalue weighted by Gasteiger charge is 2.15. The first kappa shape index (κ1) is 16.0. The standard InChI is InChI=1S/C20H19N2O2/c23-14-17(11-6-9-15-7-2-1-3-8-15)21-20(24)19-13-16-10-4-5-12-18(16)22-19/h1-5,7-8,10,12-13,17,22H,6,9,11H2,(H,21,24)/t17-/m1/s1. The van der Waals surface area contributed by atoms with Crippen LogP contribution in [-0.4, -0.2) is 23.2 Å². The minimum Gasteiger partial charge on any atom is -0.351 e.